The van der Waals surface area contributed by atoms with Crippen molar-refractivity contribution < 1.29 is 18.7 Å². The Morgan fingerprint density at radius 2 is 1.76 bits per heavy atom. The predicted molar refractivity (Wildman–Crippen MR) is 126 cm³/mol. The van der Waals surface area contributed by atoms with Crippen molar-refractivity contribution in [3.8, 4) is 17.2 Å². The van der Waals surface area contributed by atoms with Gasteiger partial charge in [0.15, 0.2) is 16.7 Å². The molecule has 0 unspecified atom stereocenters. The maximum Gasteiger partial charge on any atom is 0.266 e. The Labute approximate surface area is 193 Å². The molecule has 1 amide bonds. The van der Waals surface area contributed by atoms with Gasteiger partial charge in [0.1, 0.15) is 5.82 Å². The number of thioether (sulfide) groups is 1. The Morgan fingerprint density at radius 1 is 1.03 bits per heavy atom. The summed E-state index contributed by atoms with van der Waals surface area (Å²) in [6.45, 7) is 0. The number of hydrogen-bond donors (Lipinski definition) is 1. The second-order valence-corrected chi connectivity index (χ2v) is 7.85. The third-order valence-electron chi connectivity index (χ3n) is 4.84. The molecule has 4 aromatic rings. The Kier molecular flexibility index (Phi) is 6.60. The molecule has 0 radical (unpaired) electrons. The van der Waals surface area contributed by atoms with Crippen molar-refractivity contribution in [2.24, 2.45) is 0 Å². The summed E-state index contributed by atoms with van der Waals surface area (Å²) < 4.78 is 26.2. The maximum atomic E-state index is 14.6. The molecule has 33 heavy (non-hydrogen) atoms. The van der Waals surface area contributed by atoms with Crippen LogP contribution >= 0.6 is 11.8 Å². The quantitative estimate of drug-likeness (QED) is 0.324. The average Bonchev–Trinajstić information content (AvgIpc) is 2.83. The van der Waals surface area contributed by atoms with Gasteiger partial charge in [0.05, 0.1) is 36.6 Å². The number of fused-ring (bicyclic) bond motifs is 1. The number of para-hydroxylation sites is 2. The van der Waals surface area contributed by atoms with E-state index in [4.69, 9.17) is 9.47 Å². The van der Waals surface area contributed by atoms with Crippen molar-refractivity contribution in [3.63, 3.8) is 0 Å². The van der Waals surface area contributed by atoms with E-state index in [9.17, 15) is 14.0 Å². The number of carbonyl (C=O) groups is 1. The molecule has 0 aliphatic carbocycles. The fraction of sp³-hybridized carbons (Fsp3) is 0.125. The average molecular weight is 466 g/mol. The third kappa shape index (κ3) is 4.68. The first-order valence-corrected chi connectivity index (χ1v) is 10.9. The molecule has 0 aliphatic heterocycles. The van der Waals surface area contributed by atoms with Gasteiger partial charge in [-0.05, 0) is 36.4 Å². The maximum absolute atomic E-state index is 14.6. The van der Waals surface area contributed by atoms with Gasteiger partial charge >= 0.3 is 0 Å². The highest BCUT2D eigenvalue weighted by Crippen LogP contribution is 2.30. The highest BCUT2D eigenvalue weighted by molar-refractivity contribution is 7.99. The zero-order valence-electron chi connectivity index (χ0n) is 17.9. The second-order valence-electron chi connectivity index (χ2n) is 6.91. The molecule has 0 spiro atoms. The van der Waals surface area contributed by atoms with Crippen LogP contribution in [0.4, 0.5) is 10.1 Å². The molecule has 7 nitrogen and oxygen atoms in total. The van der Waals surface area contributed by atoms with Gasteiger partial charge in [-0.1, -0.05) is 36.0 Å². The number of aromatic nitrogens is 2. The Hall–Kier alpha value is -3.85. The summed E-state index contributed by atoms with van der Waals surface area (Å²) in [4.78, 5) is 30.3. The van der Waals surface area contributed by atoms with Crippen molar-refractivity contribution in [3.05, 3.63) is 82.9 Å². The normalized spacial score (nSPS) is 10.8. The van der Waals surface area contributed by atoms with E-state index in [2.05, 4.69) is 10.3 Å². The molecule has 0 atom stereocenters. The molecule has 1 aromatic heterocycles. The first-order chi connectivity index (χ1) is 16.0. The SMILES string of the molecule is COc1ccc(NC(=O)CSc2nc3ccccc3c(=O)n2-c2ccccc2F)cc1OC. The van der Waals surface area contributed by atoms with Gasteiger partial charge in [-0.25, -0.2) is 9.37 Å². The fourth-order valence-electron chi connectivity index (χ4n) is 3.30. The number of benzene rings is 3. The standard InChI is InChI=1S/C24H20FN3O4S/c1-31-20-12-11-15(13-21(20)32-2)26-22(29)14-33-24-27-18-9-5-3-7-16(18)23(30)28(24)19-10-6-4-8-17(19)25/h3-13H,14H2,1-2H3,(H,26,29). The summed E-state index contributed by atoms with van der Waals surface area (Å²) in [6.07, 6.45) is 0. The number of hydrogen-bond acceptors (Lipinski definition) is 6. The number of methoxy groups -OCH3 is 2. The lowest BCUT2D eigenvalue weighted by molar-refractivity contribution is -0.113. The molecule has 1 heterocycles. The Balaban J connectivity index is 1.63. The third-order valence-corrected chi connectivity index (χ3v) is 5.78. The molecule has 0 aliphatic rings. The summed E-state index contributed by atoms with van der Waals surface area (Å²) in [5.74, 6) is 0.0859. The van der Waals surface area contributed by atoms with Crippen LogP contribution < -0.4 is 20.3 Å². The van der Waals surface area contributed by atoms with E-state index >= 15 is 0 Å². The Bertz CT molecular complexity index is 1390. The molecule has 1 N–H and O–H groups in total. The lowest BCUT2D eigenvalue weighted by Gasteiger charge is -2.14. The lowest BCUT2D eigenvalue weighted by atomic mass is 10.2. The van der Waals surface area contributed by atoms with Gasteiger partial charge in [-0.2, -0.15) is 0 Å². The number of carbonyl (C=O) groups excluding carboxylic acids is 1. The summed E-state index contributed by atoms with van der Waals surface area (Å²) in [7, 11) is 3.03. The molecule has 9 heteroatoms. The molecular formula is C24H20FN3O4S. The summed E-state index contributed by atoms with van der Waals surface area (Å²) in [6, 6.07) is 17.8. The van der Waals surface area contributed by atoms with Crippen LogP contribution in [-0.4, -0.2) is 35.4 Å². The van der Waals surface area contributed by atoms with Crippen LogP contribution in [0, 0.1) is 5.82 Å². The zero-order chi connectivity index (χ0) is 23.4. The number of nitrogens with zero attached hydrogens (tertiary/aromatic N) is 2. The second kappa shape index (κ2) is 9.74. The van der Waals surface area contributed by atoms with Crippen molar-refractivity contribution in [1.82, 2.24) is 9.55 Å². The van der Waals surface area contributed by atoms with E-state index in [0.717, 1.165) is 11.8 Å². The highest BCUT2D eigenvalue weighted by atomic mass is 32.2. The molecule has 0 saturated carbocycles. The van der Waals surface area contributed by atoms with Crippen LogP contribution in [0.15, 0.2) is 76.7 Å². The number of anilines is 1. The van der Waals surface area contributed by atoms with Gasteiger partial charge in [0.25, 0.3) is 5.56 Å². The highest BCUT2D eigenvalue weighted by Gasteiger charge is 2.17. The minimum Gasteiger partial charge on any atom is -0.493 e. The fourth-order valence-corrected chi connectivity index (χ4v) is 4.10. The van der Waals surface area contributed by atoms with Crippen molar-refractivity contribution >= 4 is 34.3 Å². The van der Waals surface area contributed by atoms with E-state index in [1.807, 2.05) is 0 Å². The van der Waals surface area contributed by atoms with E-state index in [1.165, 1.54) is 30.9 Å². The number of nitrogens with one attached hydrogen (secondary N) is 1. The first-order valence-electron chi connectivity index (χ1n) is 9.93. The van der Waals surface area contributed by atoms with E-state index in [-0.39, 0.29) is 22.5 Å². The van der Waals surface area contributed by atoms with Crippen molar-refractivity contribution in [2.45, 2.75) is 5.16 Å². The zero-order valence-corrected chi connectivity index (χ0v) is 18.7. The van der Waals surface area contributed by atoms with Crippen LogP contribution in [0.3, 0.4) is 0 Å². The summed E-state index contributed by atoms with van der Waals surface area (Å²) >= 11 is 1.04. The first kappa shape index (κ1) is 22.3. The van der Waals surface area contributed by atoms with Crippen molar-refractivity contribution in [1.29, 1.82) is 0 Å². The van der Waals surface area contributed by atoms with E-state index in [1.54, 1.807) is 54.6 Å². The molecular weight excluding hydrogens is 445 g/mol. The monoisotopic (exact) mass is 465 g/mol. The molecule has 3 aromatic carbocycles. The lowest BCUT2D eigenvalue weighted by Crippen LogP contribution is -2.23. The number of ether oxygens (including phenoxy) is 2. The number of amides is 1. The number of halogens is 1. The van der Waals surface area contributed by atoms with Crippen LogP contribution in [0.2, 0.25) is 0 Å². The van der Waals surface area contributed by atoms with Gasteiger partial charge in [0, 0.05) is 11.8 Å². The molecule has 0 bridgehead atoms. The van der Waals surface area contributed by atoms with Crippen LogP contribution in [-0.2, 0) is 4.79 Å². The minimum absolute atomic E-state index is 0.0480. The number of rotatable bonds is 7. The minimum atomic E-state index is -0.562. The van der Waals surface area contributed by atoms with Gasteiger partial charge < -0.3 is 14.8 Å². The Morgan fingerprint density at radius 3 is 2.52 bits per heavy atom. The molecule has 168 valence electrons. The predicted octanol–water partition coefficient (Wildman–Crippen LogP) is 4.27. The van der Waals surface area contributed by atoms with Crippen molar-refractivity contribution in [2.75, 3.05) is 25.3 Å². The molecule has 4 rings (SSSR count). The van der Waals surface area contributed by atoms with Gasteiger partial charge in [-0.3, -0.25) is 14.2 Å². The smallest absolute Gasteiger partial charge is 0.266 e. The van der Waals surface area contributed by atoms with E-state index < -0.39 is 11.4 Å². The van der Waals surface area contributed by atoms with Crippen LogP contribution in [0.25, 0.3) is 16.6 Å². The largest absolute Gasteiger partial charge is 0.493 e. The molecule has 0 saturated heterocycles. The summed E-state index contributed by atoms with van der Waals surface area (Å²) in [5, 5.41) is 3.35. The topological polar surface area (TPSA) is 82.5 Å². The van der Waals surface area contributed by atoms with Crippen LogP contribution in [0.5, 0.6) is 11.5 Å². The van der Waals surface area contributed by atoms with Crippen LogP contribution in [0.1, 0.15) is 0 Å². The molecule has 0 fully saturated rings. The van der Waals surface area contributed by atoms with E-state index in [0.29, 0.717) is 28.1 Å². The summed E-state index contributed by atoms with van der Waals surface area (Å²) in [5.41, 5.74) is 0.658. The van der Waals surface area contributed by atoms with Gasteiger partial charge in [-0.15, -0.1) is 0 Å². The van der Waals surface area contributed by atoms with Gasteiger partial charge in [0.2, 0.25) is 5.91 Å².